The second kappa shape index (κ2) is 7.58. The van der Waals surface area contributed by atoms with Gasteiger partial charge in [0.2, 0.25) is 0 Å². The third-order valence-corrected chi connectivity index (χ3v) is 5.80. The van der Waals surface area contributed by atoms with Gasteiger partial charge in [-0.25, -0.2) is 0 Å². The molecule has 0 aliphatic heterocycles. The van der Waals surface area contributed by atoms with Gasteiger partial charge in [0.05, 0.1) is 10.2 Å². The van der Waals surface area contributed by atoms with E-state index < -0.39 is 0 Å². The minimum Gasteiger partial charge on any atom is -0.316 e. The number of nitrogens with zero attached hydrogens (tertiary/aromatic N) is 2. The van der Waals surface area contributed by atoms with Crippen molar-refractivity contribution in [2.75, 3.05) is 12.0 Å². The van der Waals surface area contributed by atoms with Gasteiger partial charge >= 0.3 is 0 Å². The molecule has 0 unspecified atom stereocenters. The average molecular weight is 371 g/mol. The SMILES string of the molecule is CSCCn1c(=NC(=O)c2ccc(C)cc2C)sc2cc(C)ccc21. The molecular formula is C20H22N2OS2. The summed E-state index contributed by atoms with van der Waals surface area (Å²) in [5.74, 6) is 0.823. The zero-order chi connectivity index (χ0) is 18.0. The first-order valence-corrected chi connectivity index (χ1v) is 10.5. The Labute approximate surface area is 156 Å². The number of carbonyl (C=O) groups excluding carboxylic acids is 1. The number of thioether (sulfide) groups is 1. The van der Waals surface area contributed by atoms with Gasteiger partial charge in [0, 0.05) is 17.9 Å². The Kier molecular flexibility index (Phi) is 5.45. The second-order valence-corrected chi connectivity index (χ2v) is 8.23. The van der Waals surface area contributed by atoms with E-state index in [0.29, 0.717) is 5.56 Å². The van der Waals surface area contributed by atoms with E-state index in [1.807, 2.05) is 32.0 Å². The molecule has 3 rings (SSSR count). The highest BCUT2D eigenvalue weighted by Crippen LogP contribution is 2.20. The van der Waals surface area contributed by atoms with Gasteiger partial charge in [0.1, 0.15) is 0 Å². The standard InChI is InChI=1S/C20H22N2OS2/c1-13-5-7-16(15(3)11-13)19(23)21-20-22(9-10-24-4)17-8-6-14(2)12-18(17)25-20/h5-8,11-12H,9-10H2,1-4H3. The van der Waals surface area contributed by atoms with Crippen molar-refractivity contribution in [1.82, 2.24) is 4.57 Å². The lowest BCUT2D eigenvalue weighted by atomic mass is 10.1. The highest BCUT2D eigenvalue weighted by molar-refractivity contribution is 7.98. The number of fused-ring (bicyclic) bond motifs is 1. The van der Waals surface area contributed by atoms with Gasteiger partial charge in [-0.15, -0.1) is 0 Å². The summed E-state index contributed by atoms with van der Waals surface area (Å²) in [4.78, 5) is 18.0. The molecule has 0 spiro atoms. The molecule has 1 amide bonds. The molecule has 3 nitrogen and oxygen atoms in total. The minimum atomic E-state index is -0.168. The molecule has 1 heterocycles. The van der Waals surface area contributed by atoms with Crippen LogP contribution >= 0.6 is 23.1 Å². The largest absolute Gasteiger partial charge is 0.316 e. The number of benzene rings is 2. The van der Waals surface area contributed by atoms with Crippen molar-refractivity contribution in [2.24, 2.45) is 4.99 Å². The molecule has 0 aliphatic rings. The molecule has 25 heavy (non-hydrogen) atoms. The van der Waals surface area contributed by atoms with Crippen molar-refractivity contribution < 1.29 is 4.79 Å². The van der Waals surface area contributed by atoms with Gasteiger partial charge in [-0.1, -0.05) is 35.1 Å². The van der Waals surface area contributed by atoms with Gasteiger partial charge in [0.15, 0.2) is 4.80 Å². The maximum absolute atomic E-state index is 12.7. The molecule has 0 fully saturated rings. The molecule has 1 aromatic heterocycles. The van der Waals surface area contributed by atoms with E-state index >= 15 is 0 Å². The molecule has 0 aliphatic carbocycles. The first-order valence-electron chi connectivity index (χ1n) is 8.25. The van der Waals surface area contributed by atoms with Crippen LogP contribution in [0.15, 0.2) is 41.4 Å². The molecule has 130 valence electrons. The maximum atomic E-state index is 12.7. The van der Waals surface area contributed by atoms with E-state index in [9.17, 15) is 4.79 Å². The number of hydrogen-bond donors (Lipinski definition) is 0. The zero-order valence-corrected chi connectivity index (χ0v) is 16.6. The third kappa shape index (κ3) is 3.88. The van der Waals surface area contributed by atoms with Crippen LogP contribution in [0.2, 0.25) is 0 Å². The molecule has 5 heteroatoms. The maximum Gasteiger partial charge on any atom is 0.279 e. The molecule has 3 aromatic rings. The Morgan fingerprint density at radius 1 is 1.12 bits per heavy atom. The summed E-state index contributed by atoms with van der Waals surface area (Å²) in [5, 5.41) is 0. The zero-order valence-electron chi connectivity index (χ0n) is 15.0. The van der Waals surface area contributed by atoms with E-state index in [-0.39, 0.29) is 5.91 Å². The average Bonchev–Trinajstić information content (AvgIpc) is 2.88. The summed E-state index contributed by atoms with van der Waals surface area (Å²) >= 11 is 3.38. The molecule has 0 bridgehead atoms. The van der Waals surface area contributed by atoms with Crippen LogP contribution in [0.4, 0.5) is 0 Å². The predicted molar refractivity (Wildman–Crippen MR) is 109 cm³/mol. The monoisotopic (exact) mass is 370 g/mol. The van der Waals surface area contributed by atoms with Crippen molar-refractivity contribution in [1.29, 1.82) is 0 Å². The van der Waals surface area contributed by atoms with Crippen molar-refractivity contribution >= 4 is 39.2 Å². The predicted octanol–water partition coefficient (Wildman–Crippen LogP) is 4.73. The van der Waals surface area contributed by atoms with Crippen LogP contribution < -0.4 is 4.80 Å². The fourth-order valence-electron chi connectivity index (χ4n) is 2.87. The summed E-state index contributed by atoms with van der Waals surface area (Å²) in [6.45, 7) is 6.93. The van der Waals surface area contributed by atoms with E-state index in [1.165, 1.54) is 10.3 Å². The summed E-state index contributed by atoms with van der Waals surface area (Å²) in [5.41, 5.74) is 5.17. The normalized spacial score (nSPS) is 12.1. The lowest BCUT2D eigenvalue weighted by Crippen LogP contribution is -2.18. The fourth-order valence-corrected chi connectivity index (χ4v) is 4.38. The molecule has 2 aromatic carbocycles. The second-order valence-electron chi connectivity index (χ2n) is 6.24. The molecule has 0 saturated carbocycles. The number of hydrogen-bond acceptors (Lipinski definition) is 3. The minimum absolute atomic E-state index is 0.168. The van der Waals surface area contributed by atoms with Crippen LogP contribution in [0.1, 0.15) is 27.0 Å². The number of aromatic nitrogens is 1. The smallest absolute Gasteiger partial charge is 0.279 e. The van der Waals surface area contributed by atoms with Gasteiger partial charge in [-0.2, -0.15) is 16.8 Å². The highest BCUT2D eigenvalue weighted by Gasteiger charge is 2.11. The van der Waals surface area contributed by atoms with Crippen molar-refractivity contribution in [3.63, 3.8) is 0 Å². The summed E-state index contributed by atoms with van der Waals surface area (Å²) in [6, 6.07) is 12.3. The van der Waals surface area contributed by atoms with E-state index in [1.54, 1.807) is 23.1 Å². The van der Waals surface area contributed by atoms with Crippen LogP contribution in [0, 0.1) is 20.8 Å². The quantitative estimate of drug-likeness (QED) is 0.665. The molecule has 0 atom stereocenters. The van der Waals surface area contributed by atoms with Crippen LogP contribution in [0.25, 0.3) is 10.2 Å². The molecule has 0 N–H and O–H groups in total. The van der Waals surface area contributed by atoms with Crippen molar-refractivity contribution in [3.05, 3.63) is 63.5 Å². The van der Waals surface area contributed by atoms with Gasteiger partial charge in [0.25, 0.3) is 5.91 Å². The summed E-state index contributed by atoms with van der Waals surface area (Å²) in [7, 11) is 0. The lowest BCUT2D eigenvalue weighted by molar-refractivity contribution is 0.0997. The molecular weight excluding hydrogens is 348 g/mol. The topological polar surface area (TPSA) is 34.4 Å². The highest BCUT2D eigenvalue weighted by atomic mass is 32.2. The van der Waals surface area contributed by atoms with Crippen LogP contribution in [-0.2, 0) is 6.54 Å². The third-order valence-electron chi connectivity index (χ3n) is 4.17. The lowest BCUT2D eigenvalue weighted by Gasteiger charge is -2.05. The van der Waals surface area contributed by atoms with E-state index in [2.05, 4.69) is 40.9 Å². The Bertz CT molecular complexity index is 999. The Balaban J connectivity index is 2.12. The Morgan fingerprint density at radius 3 is 2.56 bits per heavy atom. The Hall–Kier alpha value is -1.85. The first-order chi connectivity index (χ1) is 12.0. The molecule has 0 radical (unpaired) electrons. The number of aryl methyl sites for hydroxylation is 4. The van der Waals surface area contributed by atoms with Crippen molar-refractivity contribution in [2.45, 2.75) is 27.3 Å². The van der Waals surface area contributed by atoms with Crippen LogP contribution in [0.5, 0.6) is 0 Å². The fraction of sp³-hybridized carbons (Fsp3) is 0.300. The van der Waals surface area contributed by atoms with Crippen molar-refractivity contribution in [3.8, 4) is 0 Å². The summed E-state index contributed by atoms with van der Waals surface area (Å²) < 4.78 is 3.34. The van der Waals surface area contributed by atoms with Gasteiger partial charge in [-0.05, 0) is 56.4 Å². The van der Waals surface area contributed by atoms with Crippen LogP contribution in [-0.4, -0.2) is 22.5 Å². The number of thiazole rings is 1. The number of carbonyl (C=O) groups is 1. The summed E-state index contributed by atoms with van der Waals surface area (Å²) in [6.07, 6.45) is 2.09. The number of amides is 1. The van der Waals surface area contributed by atoms with Gasteiger partial charge < -0.3 is 4.57 Å². The van der Waals surface area contributed by atoms with E-state index in [4.69, 9.17) is 0 Å². The van der Waals surface area contributed by atoms with Gasteiger partial charge in [-0.3, -0.25) is 4.79 Å². The number of rotatable bonds is 4. The van der Waals surface area contributed by atoms with Crippen LogP contribution in [0.3, 0.4) is 0 Å². The van der Waals surface area contributed by atoms with E-state index in [0.717, 1.165) is 33.7 Å². The molecule has 0 saturated heterocycles. The Morgan fingerprint density at radius 2 is 1.84 bits per heavy atom. The first kappa shape index (κ1) is 18.0.